The van der Waals surface area contributed by atoms with Gasteiger partial charge in [0, 0.05) is 12.4 Å². The summed E-state index contributed by atoms with van der Waals surface area (Å²) in [7, 11) is 0. The molecule has 2 heterocycles. The van der Waals surface area contributed by atoms with Crippen LogP contribution in [0.1, 0.15) is 28.9 Å². The zero-order valence-corrected chi connectivity index (χ0v) is 11.5. The molecule has 0 aromatic carbocycles. The molecular weight excluding hydrogens is 278 g/mol. The van der Waals surface area contributed by atoms with Crippen molar-refractivity contribution in [3.05, 3.63) is 47.1 Å². The van der Waals surface area contributed by atoms with E-state index in [1.807, 2.05) is 6.92 Å². The van der Waals surface area contributed by atoms with Crippen molar-refractivity contribution in [1.82, 2.24) is 10.3 Å². The Bertz CT molecular complexity index is 612. The van der Waals surface area contributed by atoms with Crippen LogP contribution in [0.5, 0.6) is 0 Å². The van der Waals surface area contributed by atoms with Crippen LogP contribution in [0.3, 0.4) is 0 Å². The molecule has 20 heavy (non-hydrogen) atoms. The largest absolute Gasteiger partial charge is 0.478 e. The maximum absolute atomic E-state index is 11.8. The molecule has 6 nitrogen and oxygen atoms in total. The summed E-state index contributed by atoms with van der Waals surface area (Å²) in [5.41, 5.74) is 1.00. The topological polar surface area (TPSA) is 91.3 Å². The summed E-state index contributed by atoms with van der Waals surface area (Å²) in [5, 5.41) is 16.2. The number of hydrogen-bond acceptors (Lipinski definition) is 4. The summed E-state index contributed by atoms with van der Waals surface area (Å²) in [4.78, 5) is 26.7. The fourth-order valence-corrected chi connectivity index (χ4v) is 2.42. The second-order valence-electron chi connectivity index (χ2n) is 4.07. The first-order chi connectivity index (χ1) is 9.58. The Morgan fingerprint density at radius 2 is 2.00 bits per heavy atom. The minimum absolute atomic E-state index is 0.0849. The summed E-state index contributed by atoms with van der Waals surface area (Å²) in [6.07, 6.45) is 3.29. The molecule has 0 aliphatic rings. The molecule has 0 saturated heterocycles. The van der Waals surface area contributed by atoms with E-state index in [1.165, 1.54) is 17.4 Å². The monoisotopic (exact) mass is 291 g/mol. The molecule has 104 valence electrons. The lowest BCUT2D eigenvalue weighted by Crippen LogP contribution is -2.31. The molecule has 2 aromatic rings. The number of carbonyl (C=O) groups excluding carboxylic acids is 1. The van der Waals surface area contributed by atoms with Gasteiger partial charge in [0.05, 0.1) is 11.6 Å². The van der Waals surface area contributed by atoms with Crippen molar-refractivity contribution in [2.24, 2.45) is 0 Å². The molecule has 2 aromatic heterocycles. The number of thiophene rings is 1. The number of rotatable bonds is 4. The van der Waals surface area contributed by atoms with E-state index in [9.17, 15) is 9.59 Å². The fourth-order valence-electron chi connectivity index (χ4n) is 1.65. The summed E-state index contributed by atoms with van der Waals surface area (Å²) in [6.45, 7) is 1.83. The van der Waals surface area contributed by atoms with Gasteiger partial charge in [-0.1, -0.05) is 0 Å². The number of nitrogens with one attached hydrogen (secondary N) is 2. The van der Waals surface area contributed by atoms with Gasteiger partial charge in [-0.15, -0.1) is 11.3 Å². The van der Waals surface area contributed by atoms with E-state index in [-0.39, 0.29) is 11.6 Å². The van der Waals surface area contributed by atoms with Crippen molar-refractivity contribution in [3.8, 4) is 0 Å². The van der Waals surface area contributed by atoms with E-state index >= 15 is 0 Å². The Balaban J connectivity index is 1.99. The first kappa shape index (κ1) is 14.0. The lowest BCUT2D eigenvalue weighted by atomic mass is 10.1. The number of anilines is 1. The van der Waals surface area contributed by atoms with Crippen molar-refractivity contribution in [1.29, 1.82) is 0 Å². The van der Waals surface area contributed by atoms with Crippen molar-refractivity contribution < 1.29 is 14.7 Å². The van der Waals surface area contributed by atoms with E-state index in [1.54, 1.807) is 29.9 Å². The van der Waals surface area contributed by atoms with Crippen LogP contribution in [-0.2, 0) is 0 Å². The van der Waals surface area contributed by atoms with E-state index in [0.717, 1.165) is 5.56 Å². The number of carboxylic acids is 1. The summed E-state index contributed by atoms with van der Waals surface area (Å²) < 4.78 is 0. The van der Waals surface area contributed by atoms with Gasteiger partial charge in [0.2, 0.25) is 0 Å². The number of aromatic nitrogens is 1. The summed E-state index contributed by atoms with van der Waals surface area (Å²) in [6, 6.07) is 4.41. The average molecular weight is 291 g/mol. The van der Waals surface area contributed by atoms with Crippen LogP contribution in [0.15, 0.2) is 36.0 Å². The highest BCUT2D eigenvalue weighted by molar-refractivity contribution is 7.14. The molecule has 2 rings (SSSR count). The minimum atomic E-state index is -1.07. The van der Waals surface area contributed by atoms with Crippen LogP contribution in [0.4, 0.5) is 9.80 Å². The quantitative estimate of drug-likeness (QED) is 0.807. The van der Waals surface area contributed by atoms with Gasteiger partial charge >= 0.3 is 12.0 Å². The molecule has 7 heteroatoms. The van der Waals surface area contributed by atoms with Gasteiger partial charge in [-0.2, -0.15) is 0 Å². The molecule has 0 aliphatic heterocycles. The number of aromatic carboxylic acids is 1. The van der Waals surface area contributed by atoms with Crippen LogP contribution >= 0.6 is 11.3 Å². The molecule has 0 fully saturated rings. The second kappa shape index (κ2) is 6.16. The van der Waals surface area contributed by atoms with Crippen molar-refractivity contribution in [2.75, 3.05) is 5.32 Å². The smallest absolute Gasteiger partial charge is 0.338 e. The van der Waals surface area contributed by atoms with Gasteiger partial charge in [0.25, 0.3) is 0 Å². The standard InChI is InChI=1S/C13H13N3O3S/c1-8(9-2-5-14-6-3-9)15-13(19)16-11-10(12(17)18)4-7-20-11/h2-8H,1H3,(H,17,18)(H2,15,16,19). The Morgan fingerprint density at radius 3 is 2.65 bits per heavy atom. The van der Waals surface area contributed by atoms with Gasteiger partial charge in [-0.3, -0.25) is 10.3 Å². The number of amides is 2. The maximum Gasteiger partial charge on any atom is 0.338 e. The average Bonchev–Trinajstić information content (AvgIpc) is 2.87. The SMILES string of the molecule is CC(NC(=O)Nc1sccc1C(=O)O)c1ccncc1. The lowest BCUT2D eigenvalue weighted by Gasteiger charge is -2.14. The molecule has 0 bridgehead atoms. The number of carbonyl (C=O) groups is 2. The molecule has 3 N–H and O–H groups in total. The Labute approximate surface area is 119 Å². The van der Waals surface area contributed by atoms with E-state index in [0.29, 0.717) is 5.00 Å². The molecular formula is C13H13N3O3S. The number of pyridine rings is 1. The van der Waals surface area contributed by atoms with Crippen LogP contribution in [0.2, 0.25) is 0 Å². The molecule has 0 saturated carbocycles. The predicted octanol–water partition coefficient (Wildman–Crippen LogP) is 2.72. The van der Waals surface area contributed by atoms with E-state index in [4.69, 9.17) is 5.11 Å². The number of carboxylic acid groups (broad SMARTS) is 1. The third-order valence-electron chi connectivity index (χ3n) is 2.68. The van der Waals surface area contributed by atoms with Gasteiger partial charge in [0.15, 0.2) is 0 Å². The van der Waals surface area contributed by atoms with Crippen LogP contribution in [-0.4, -0.2) is 22.1 Å². The normalized spacial score (nSPS) is 11.7. The van der Waals surface area contributed by atoms with Gasteiger partial charge < -0.3 is 10.4 Å². The van der Waals surface area contributed by atoms with Crippen LogP contribution in [0.25, 0.3) is 0 Å². The second-order valence-corrected chi connectivity index (χ2v) is 4.99. The molecule has 1 unspecified atom stereocenters. The zero-order valence-electron chi connectivity index (χ0n) is 10.7. The highest BCUT2D eigenvalue weighted by atomic mass is 32.1. The fraction of sp³-hybridized carbons (Fsp3) is 0.154. The van der Waals surface area contributed by atoms with Crippen molar-refractivity contribution >= 4 is 28.3 Å². The molecule has 0 aliphatic carbocycles. The van der Waals surface area contributed by atoms with E-state index in [2.05, 4.69) is 15.6 Å². The van der Waals surface area contributed by atoms with Crippen LogP contribution in [0, 0.1) is 0 Å². The number of nitrogens with zero attached hydrogens (tertiary/aromatic N) is 1. The van der Waals surface area contributed by atoms with Crippen LogP contribution < -0.4 is 10.6 Å². The first-order valence-electron chi connectivity index (χ1n) is 5.86. The predicted molar refractivity (Wildman–Crippen MR) is 76.1 cm³/mol. The molecule has 0 radical (unpaired) electrons. The minimum Gasteiger partial charge on any atom is -0.478 e. The highest BCUT2D eigenvalue weighted by Crippen LogP contribution is 2.23. The van der Waals surface area contributed by atoms with E-state index < -0.39 is 12.0 Å². The summed E-state index contributed by atoms with van der Waals surface area (Å²) >= 11 is 1.17. The Kier molecular flexibility index (Phi) is 4.31. The zero-order chi connectivity index (χ0) is 14.5. The Morgan fingerprint density at radius 1 is 1.30 bits per heavy atom. The number of urea groups is 1. The Hall–Kier alpha value is -2.41. The first-order valence-corrected chi connectivity index (χ1v) is 6.74. The lowest BCUT2D eigenvalue weighted by molar-refractivity contribution is 0.0698. The third-order valence-corrected chi connectivity index (χ3v) is 3.51. The molecule has 1 atom stereocenters. The molecule has 2 amide bonds. The van der Waals surface area contributed by atoms with Gasteiger partial charge in [-0.05, 0) is 36.1 Å². The maximum atomic E-state index is 11.8. The third kappa shape index (κ3) is 3.33. The van der Waals surface area contributed by atoms with Gasteiger partial charge in [0.1, 0.15) is 5.00 Å². The summed E-state index contributed by atoms with van der Waals surface area (Å²) in [5.74, 6) is -1.07. The van der Waals surface area contributed by atoms with Crippen molar-refractivity contribution in [2.45, 2.75) is 13.0 Å². The molecule has 0 spiro atoms. The van der Waals surface area contributed by atoms with Crippen molar-refractivity contribution in [3.63, 3.8) is 0 Å². The number of hydrogen-bond donors (Lipinski definition) is 3. The highest BCUT2D eigenvalue weighted by Gasteiger charge is 2.15. The van der Waals surface area contributed by atoms with Gasteiger partial charge in [-0.25, -0.2) is 9.59 Å².